The van der Waals surface area contributed by atoms with Gasteiger partial charge in [0, 0.05) is 35.1 Å². The van der Waals surface area contributed by atoms with Crippen LogP contribution in [0.1, 0.15) is 27.3 Å². The summed E-state index contributed by atoms with van der Waals surface area (Å²) in [7, 11) is 0. The van der Waals surface area contributed by atoms with E-state index in [9.17, 15) is 9.90 Å². The van der Waals surface area contributed by atoms with E-state index in [2.05, 4.69) is 31.2 Å². The van der Waals surface area contributed by atoms with Crippen LogP contribution in [0.2, 0.25) is 0 Å². The molecule has 0 fully saturated rings. The lowest BCUT2D eigenvalue weighted by Crippen LogP contribution is -2.28. The summed E-state index contributed by atoms with van der Waals surface area (Å²) in [5, 5.41) is 12.6. The first kappa shape index (κ1) is 14.2. The number of aromatic carboxylic acids is 1. The Morgan fingerprint density at radius 1 is 1.38 bits per heavy atom. The molecule has 1 aliphatic heterocycles. The van der Waals surface area contributed by atoms with Gasteiger partial charge in [-0.2, -0.15) is 0 Å². The standard InChI is InChI=1S/C15H14BrN3O2/c1-8-2-3-9(11(16)6-8)14-18-12-4-5-17-7-10(12)13(19-14)15(20)21/h2-3,6,17H,4-5,7H2,1H3,(H,20,21). The second kappa shape index (κ2) is 5.54. The Hall–Kier alpha value is -1.79. The second-order valence-corrected chi connectivity index (χ2v) is 5.89. The molecule has 0 amide bonds. The Morgan fingerprint density at radius 3 is 2.90 bits per heavy atom. The Bertz CT molecular complexity index is 731. The molecule has 6 heteroatoms. The largest absolute Gasteiger partial charge is 0.476 e. The molecule has 0 spiro atoms. The van der Waals surface area contributed by atoms with Crippen LogP contribution in [0.15, 0.2) is 22.7 Å². The van der Waals surface area contributed by atoms with Crippen LogP contribution in [0.3, 0.4) is 0 Å². The summed E-state index contributed by atoms with van der Waals surface area (Å²) in [6.45, 7) is 3.31. The third-order valence-corrected chi connectivity index (χ3v) is 4.16. The number of rotatable bonds is 2. The summed E-state index contributed by atoms with van der Waals surface area (Å²) in [4.78, 5) is 20.3. The van der Waals surface area contributed by atoms with Crippen molar-refractivity contribution < 1.29 is 9.90 Å². The van der Waals surface area contributed by atoms with Crippen LogP contribution in [0, 0.1) is 6.92 Å². The van der Waals surface area contributed by atoms with Gasteiger partial charge in [0.15, 0.2) is 11.5 Å². The van der Waals surface area contributed by atoms with Gasteiger partial charge in [0.25, 0.3) is 0 Å². The molecule has 0 saturated heterocycles. The molecular weight excluding hydrogens is 334 g/mol. The number of hydrogen-bond donors (Lipinski definition) is 2. The number of nitrogens with zero attached hydrogens (tertiary/aromatic N) is 2. The highest BCUT2D eigenvalue weighted by Gasteiger charge is 2.22. The fraction of sp³-hybridized carbons (Fsp3) is 0.267. The molecule has 1 aromatic heterocycles. The second-order valence-electron chi connectivity index (χ2n) is 5.04. The van der Waals surface area contributed by atoms with Crippen LogP contribution in [0.5, 0.6) is 0 Å². The molecule has 3 rings (SSSR count). The Kier molecular flexibility index (Phi) is 3.73. The monoisotopic (exact) mass is 347 g/mol. The maximum Gasteiger partial charge on any atom is 0.354 e. The first-order valence-corrected chi connectivity index (χ1v) is 7.46. The zero-order valence-electron chi connectivity index (χ0n) is 11.5. The van der Waals surface area contributed by atoms with Gasteiger partial charge >= 0.3 is 5.97 Å². The number of fused-ring (bicyclic) bond motifs is 1. The van der Waals surface area contributed by atoms with Gasteiger partial charge in [0.1, 0.15) is 0 Å². The van der Waals surface area contributed by atoms with Crippen LogP contribution >= 0.6 is 15.9 Å². The summed E-state index contributed by atoms with van der Waals surface area (Å²) in [6.07, 6.45) is 0.717. The van der Waals surface area contributed by atoms with Crippen LogP contribution < -0.4 is 5.32 Å². The normalized spacial score (nSPS) is 13.8. The number of aryl methyl sites for hydroxylation is 1. The fourth-order valence-corrected chi connectivity index (χ4v) is 3.11. The highest BCUT2D eigenvalue weighted by atomic mass is 79.9. The van der Waals surface area contributed by atoms with E-state index in [-0.39, 0.29) is 5.69 Å². The minimum Gasteiger partial charge on any atom is -0.476 e. The van der Waals surface area contributed by atoms with Crippen molar-refractivity contribution in [3.63, 3.8) is 0 Å². The molecule has 1 aromatic carbocycles. The number of nitrogens with one attached hydrogen (secondary N) is 1. The van der Waals surface area contributed by atoms with Gasteiger partial charge in [-0.25, -0.2) is 14.8 Å². The van der Waals surface area contributed by atoms with Crippen LogP contribution in [-0.2, 0) is 13.0 Å². The zero-order valence-corrected chi connectivity index (χ0v) is 13.1. The van der Waals surface area contributed by atoms with E-state index in [0.29, 0.717) is 24.4 Å². The van der Waals surface area contributed by atoms with Crippen LogP contribution in [0.4, 0.5) is 0 Å². The Balaban J connectivity index is 2.19. The van der Waals surface area contributed by atoms with E-state index < -0.39 is 5.97 Å². The van der Waals surface area contributed by atoms with Gasteiger partial charge in [-0.05, 0) is 24.6 Å². The van der Waals surface area contributed by atoms with Crippen molar-refractivity contribution in [2.45, 2.75) is 19.9 Å². The molecular formula is C15H14BrN3O2. The lowest BCUT2D eigenvalue weighted by Gasteiger charge is -2.18. The number of carbonyl (C=O) groups is 1. The highest BCUT2D eigenvalue weighted by Crippen LogP contribution is 2.28. The van der Waals surface area contributed by atoms with Gasteiger partial charge in [-0.1, -0.05) is 22.0 Å². The van der Waals surface area contributed by atoms with Crippen LogP contribution in [-0.4, -0.2) is 27.6 Å². The van der Waals surface area contributed by atoms with Gasteiger partial charge in [0.05, 0.1) is 5.69 Å². The lowest BCUT2D eigenvalue weighted by atomic mass is 10.0. The average molecular weight is 348 g/mol. The molecule has 0 radical (unpaired) electrons. The Labute approximate surface area is 130 Å². The fourth-order valence-electron chi connectivity index (χ4n) is 2.44. The molecule has 108 valence electrons. The van der Waals surface area contributed by atoms with Crippen molar-refractivity contribution in [2.75, 3.05) is 6.54 Å². The van der Waals surface area contributed by atoms with Gasteiger partial charge in [-0.15, -0.1) is 0 Å². The number of hydrogen-bond acceptors (Lipinski definition) is 4. The van der Waals surface area contributed by atoms with Crippen molar-refractivity contribution in [1.82, 2.24) is 15.3 Å². The number of carboxylic acids is 1. The van der Waals surface area contributed by atoms with Crippen molar-refractivity contribution in [2.24, 2.45) is 0 Å². The summed E-state index contributed by atoms with van der Waals surface area (Å²) >= 11 is 3.50. The molecule has 0 atom stereocenters. The summed E-state index contributed by atoms with van der Waals surface area (Å²) in [5.74, 6) is -0.554. The third-order valence-electron chi connectivity index (χ3n) is 3.50. The molecule has 2 heterocycles. The predicted molar refractivity (Wildman–Crippen MR) is 82.3 cm³/mol. The van der Waals surface area contributed by atoms with Gasteiger partial charge < -0.3 is 10.4 Å². The van der Waals surface area contributed by atoms with E-state index >= 15 is 0 Å². The number of halogens is 1. The lowest BCUT2D eigenvalue weighted by molar-refractivity contribution is 0.0688. The van der Waals surface area contributed by atoms with Gasteiger partial charge in [0.2, 0.25) is 0 Å². The minimum absolute atomic E-state index is 0.0923. The zero-order chi connectivity index (χ0) is 15.0. The van der Waals surface area contributed by atoms with Gasteiger partial charge in [-0.3, -0.25) is 0 Å². The molecule has 2 N–H and O–H groups in total. The SMILES string of the molecule is Cc1ccc(-c2nc3c(c(C(=O)O)n2)CNCC3)c(Br)c1. The maximum atomic E-state index is 11.5. The van der Waals surface area contributed by atoms with Crippen LogP contribution in [0.25, 0.3) is 11.4 Å². The maximum absolute atomic E-state index is 11.5. The molecule has 0 aliphatic carbocycles. The Morgan fingerprint density at radius 2 is 2.19 bits per heavy atom. The topological polar surface area (TPSA) is 75.1 Å². The molecule has 5 nitrogen and oxygen atoms in total. The summed E-state index contributed by atoms with van der Waals surface area (Å²) in [5.41, 5.74) is 3.54. The van der Waals surface area contributed by atoms with E-state index in [1.807, 2.05) is 25.1 Å². The number of benzene rings is 1. The molecule has 0 bridgehead atoms. The summed E-state index contributed by atoms with van der Waals surface area (Å²) < 4.78 is 0.868. The quantitative estimate of drug-likeness (QED) is 0.873. The van der Waals surface area contributed by atoms with Crippen molar-refractivity contribution >= 4 is 21.9 Å². The van der Waals surface area contributed by atoms with Crippen molar-refractivity contribution in [1.29, 1.82) is 0 Å². The van der Waals surface area contributed by atoms with E-state index in [0.717, 1.165) is 27.8 Å². The first-order chi connectivity index (χ1) is 10.1. The third kappa shape index (κ3) is 2.69. The average Bonchev–Trinajstić information content (AvgIpc) is 2.46. The van der Waals surface area contributed by atoms with Crippen molar-refractivity contribution in [3.05, 3.63) is 45.2 Å². The smallest absolute Gasteiger partial charge is 0.354 e. The summed E-state index contributed by atoms with van der Waals surface area (Å²) in [6, 6.07) is 5.85. The predicted octanol–water partition coefficient (Wildman–Crippen LogP) is 2.56. The molecule has 2 aromatic rings. The first-order valence-electron chi connectivity index (χ1n) is 6.66. The minimum atomic E-state index is -1.01. The molecule has 21 heavy (non-hydrogen) atoms. The highest BCUT2D eigenvalue weighted by molar-refractivity contribution is 9.10. The molecule has 1 aliphatic rings. The number of carboxylic acid groups (broad SMARTS) is 1. The molecule has 0 unspecified atom stereocenters. The van der Waals surface area contributed by atoms with E-state index in [4.69, 9.17) is 0 Å². The van der Waals surface area contributed by atoms with E-state index in [1.165, 1.54) is 0 Å². The molecule has 0 saturated carbocycles. The van der Waals surface area contributed by atoms with Crippen molar-refractivity contribution in [3.8, 4) is 11.4 Å². The number of aromatic nitrogens is 2. The van der Waals surface area contributed by atoms with E-state index in [1.54, 1.807) is 0 Å².